The standard InChI is InChI=1S/C10H14NS/c1-11(2)10(7-12-8-10)9-5-3-4-6-9/h3-6H,7-8H2,1-2H3. The first-order chi connectivity index (χ1) is 5.76. The van der Waals surface area contributed by atoms with E-state index in [-0.39, 0.29) is 0 Å². The van der Waals surface area contributed by atoms with E-state index < -0.39 is 0 Å². The van der Waals surface area contributed by atoms with Crippen molar-refractivity contribution in [2.45, 2.75) is 5.54 Å². The van der Waals surface area contributed by atoms with Crippen LogP contribution in [0.1, 0.15) is 0 Å². The maximum Gasteiger partial charge on any atom is 0.0452 e. The van der Waals surface area contributed by atoms with E-state index in [1.807, 2.05) is 11.8 Å². The van der Waals surface area contributed by atoms with Crippen molar-refractivity contribution in [2.75, 3.05) is 25.6 Å². The molecule has 2 heteroatoms. The van der Waals surface area contributed by atoms with Gasteiger partial charge in [-0.3, -0.25) is 0 Å². The monoisotopic (exact) mass is 180 g/mol. The third kappa shape index (κ3) is 1.20. The summed E-state index contributed by atoms with van der Waals surface area (Å²) in [5.74, 6) is 3.96. The van der Waals surface area contributed by atoms with Gasteiger partial charge in [0.2, 0.25) is 0 Å². The summed E-state index contributed by atoms with van der Waals surface area (Å²) >= 11 is 2.03. The van der Waals surface area contributed by atoms with Crippen LogP contribution in [0.25, 0.3) is 0 Å². The molecule has 1 heterocycles. The van der Waals surface area contributed by atoms with Gasteiger partial charge in [-0.15, -0.1) is 0 Å². The largest absolute Gasteiger partial charge is 0.301 e. The van der Waals surface area contributed by atoms with E-state index in [4.69, 9.17) is 0 Å². The van der Waals surface area contributed by atoms with Crippen molar-refractivity contribution in [3.8, 4) is 0 Å². The molecule has 0 spiro atoms. The molecule has 0 aromatic heterocycles. The van der Waals surface area contributed by atoms with Crippen LogP contribution in [0, 0.1) is 31.6 Å². The first kappa shape index (κ1) is 8.89. The normalized spacial score (nSPS) is 29.2. The van der Waals surface area contributed by atoms with E-state index in [0.717, 1.165) is 0 Å². The van der Waals surface area contributed by atoms with Gasteiger partial charge in [-0.05, 0) is 39.8 Å². The van der Waals surface area contributed by atoms with Gasteiger partial charge >= 0.3 is 0 Å². The van der Waals surface area contributed by atoms with E-state index in [1.165, 1.54) is 17.4 Å². The van der Waals surface area contributed by atoms with Crippen LogP contribution in [0.3, 0.4) is 0 Å². The van der Waals surface area contributed by atoms with E-state index >= 15 is 0 Å². The van der Waals surface area contributed by atoms with Gasteiger partial charge in [0, 0.05) is 23.0 Å². The Morgan fingerprint density at radius 2 is 1.83 bits per heavy atom. The van der Waals surface area contributed by atoms with Crippen molar-refractivity contribution < 1.29 is 0 Å². The fourth-order valence-corrected chi connectivity index (χ4v) is 3.10. The summed E-state index contributed by atoms with van der Waals surface area (Å²) in [7, 11) is 4.35. The van der Waals surface area contributed by atoms with Crippen LogP contribution in [0.5, 0.6) is 0 Å². The third-order valence-electron chi connectivity index (χ3n) is 2.74. The van der Waals surface area contributed by atoms with Crippen LogP contribution in [0.15, 0.2) is 0 Å². The number of thioether (sulfide) groups is 1. The molecule has 0 aromatic rings. The Labute approximate surface area is 79.9 Å². The lowest BCUT2D eigenvalue weighted by atomic mass is 9.84. The molecule has 2 aliphatic rings. The van der Waals surface area contributed by atoms with Crippen molar-refractivity contribution in [1.29, 1.82) is 0 Å². The van der Waals surface area contributed by atoms with Crippen LogP contribution in [-0.4, -0.2) is 36.0 Å². The van der Waals surface area contributed by atoms with E-state index in [1.54, 1.807) is 0 Å². The summed E-state index contributed by atoms with van der Waals surface area (Å²) in [6, 6.07) is 0. The van der Waals surface area contributed by atoms with Crippen molar-refractivity contribution >= 4 is 11.8 Å². The molecule has 0 atom stereocenters. The summed E-state index contributed by atoms with van der Waals surface area (Å²) < 4.78 is 0. The quantitative estimate of drug-likeness (QED) is 0.632. The van der Waals surface area contributed by atoms with Crippen molar-refractivity contribution in [3.63, 3.8) is 0 Å². The molecule has 0 bridgehead atoms. The molecule has 0 unspecified atom stereocenters. The maximum atomic E-state index is 2.35. The Balaban J connectivity index is 2.05. The second-order valence-electron chi connectivity index (χ2n) is 3.59. The highest BCUT2D eigenvalue weighted by Gasteiger charge is 2.47. The Kier molecular flexibility index (Phi) is 2.39. The average Bonchev–Trinajstić information content (AvgIpc) is 2.35. The lowest BCUT2D eigenvalue weighted by Crippen LogP contribution is -2.58. The van der Waals surface area contributed by atoms with Gasteiger partial charge in [0.25, 0.3) is 0 Å². The molecular weight excluding hydrogens is 166 g/mol. The summed E-state index contributed by atoms with van der Waals surface area (Å²) in [5.41, 5.74) is 0.341. The smallest absolute Gasteiger partial charge is 0.0452 e. The fraction of sp³-hybridized carbons (Fsp3) is 0.500. The first-order valence-corrected chi connectivity index (χ1v) is 5.38. The number of hydrogen-bond acceptors (Lipinski definition) is 2. The zero-order valence-corrected chi connectivity index (χ0v) is 8.40. The summed E-state index contributed by atoms with van der Waals surface area (Å²) in [6.07, 6.45) is 8.73. The van der Waals surface area contributed by atoms with Crippen LogP contribution in [0.4, 0.5) is 0 Å². The molecule has 1 saturated carbocycles. The summed E-state index contributed by atoms with van der Waals surface area (Å²) in [6.45, 7) is 0. The number of nitrogens with zero attached hydrogens (tertiary/aromatic N) is 1. The van der Waals surface area contributed by atoms with E-state index in [9.17, 15) is 0 Å². The van der Waals surface area contributed by atoms with Crippen LogP contribution in [0.2, 0.25) is 0 Å². The topological polar surface area (TPSA) is 3.24 Å². The molecule has 1 saturated heterocycles. The zero-order valence-electron chi connectivity index (χ0n) is 7.58. The molecule has 2 rings (SSSR count). The fourth-order valence-electron chi connectivity index (χ4n) is 1.66. The lowest BCUT2D eigenvalue weighted by molar-refractivity contribution is 0.217. The second-order valence-corrected chi connectivity index (χ2v) is 4.58. The second kappa shape index (κ2) is 3.22. The average molecular weight is 180 g/mol. The van der Waals surface area contributed by atoms with Crippen LogP contribution in [-0.2, 0) is 0 Å². The van der Waals surface area contributed by atoms with Crippen LogP contribution >= 0.6 is 11.8 Å². The molecule has 65 valence electrons. The van der Waals surface area contributed by atoms with Crippen molar-refractivity contribution in [3.05, 3.63) is 31.6 Å². The SMILES string of the molecule is CN(C)C1([C]2[CH][CH][CH][CH]2)CSC1. The minimum Gasteiger partial charge on any atom is -0.301 e. The molecule has 1 aliphatic heterocycles. The third-order valence-corrected chi connectivity index (χ3v) is 4.10. The number of rotatable bonds is 2. The number of hydrogen-bond donors (Lipinski definition) is 0. The molecule has 2 fully saturated rings. The van der Waals surface area contributed by atoms with E-state index in [2.05, 4.69) is 44.7 Å². The minimum atomic E-state index is 0.341. The predicted molar refractivity (Wildman–Crippen MR) is 54.2 cm³/mol. The molecule has 0 N–H and O–H groups in total. The van der Waals surface area contributed by atoms with Crippen molar-refractivity contribution in [2.24, 2.45) is 0 Å². The highest BCUT2D eigenvalue weighted by molar-refractivity contribution is 8.00. The van der Waals surface area contributed by atoms with E-state index in [0.29, 0.717) is 5.54 Å². The molecule has 1 aliphatic carbocycles. The minimum absolute atomic E-state index is 0.341. The van der Waals surface area contributed by atoms with Gasteiger partial charge in [-0.2, -0.15) is 11.8 Å². The highest BCUT2D eigenvalue weighted by Crippen LogP contribution is 2.46. The van der Waals surface area contributed by atoms with Gasteiger partial charge in [-0.25, -0.2) is 0 Å². The van der Waals surface area contributed by atoms with Crippen LogP contribution < -0.4 is 0 Å². The molecule has 5 radical (unpaired) electrons. The van der Waals surface area contributed by atoms with Gasteiger partial charge in [-0.1, -0.05) is 0 Å². The summed E-state index contributed by atoms with van der Waals surface area (Å²) in [5, 5.41) is 0. The first-order valence-electron chi connectivity index (χ1n) is 4.23. The Morgan fingerprint density at radius 3 is 2.17 bits per heavy atom. The predicted octanol–water partition coefficient (Wildman–Crippen LogP) is 1.44. The van der Waals surface area contributed by atoms with Gasteiger partial charge < -0.3 is 4.90 Å². The highest BCUT2D eigenvalue weighted by atomic mass is 32.2. The molecule has 0 amide bonds. The summed E-state index contributed by atoms with van der Waals surface area (Å²) in [4.78, 5) is 2.35. The molecule has 1 nitrogen and oxygen atoms in total. The Morgan fingerprint density at radius 1 is 1.25 bits per heavy atom. The van der Waals surface area contributed by atoms with Gasteiger partial charge in [0.15, 0.2) is 0 Å². The molecule has 0 aromatic carbocycles. The van der Waals surface area contributed by atoms with Gasteiger partial charge in [0.1, 0.15) is 0 Å². The lowest BCUT2D eigenvalue weighted by Gasteiger charge is -2.50. The Hall–Kier alpha value is 0.310. The molecular formula is C10H14NS. The molecule has 12 heavy (non-hydrogen) atoms. The van der Waals surface area contributed by atoms with Crippen molar-refractivity contribution in [1.82, 2.24) is 4.90 Å². The maximum absolute atomic E-state index is 2.35. The zero-order chi connectivity index (χ0) is 8.60. The van der Waals surface area contributed by atoms with Gasteiger partial charge in [0.05, 0.1) is 0 Å². The Bertz CT molecular complexity index is 157.